The van der Waals surface area contributed by atoms with Crippen molar-refractivity contribution < 1.29 is 14.6 Å². The molecule has 0 unspecified atom stereocenters. The molecule has 0 bridgehead atoms. The zero-order valence-electron chi connectivity index (χ0n) is 8.69. The minimum absolute atomic E-state index is 0.0878. The Kier molecular flexibility index (Phi) is 4.12. The number of carbonyl (C=O) groups is 1. The average molecular weight is 209 g/mol. The molecule has 0 aromatic heterocycles. The zero-order valence-corrected chi connectivity index (χ0v) is 8.69. The van der Waals surface area contributed by atoms with Crippen LogP contribution in [0.2, 0.25) is 0 Å². The number of phenols is 1. The predicted molar refractivity (Wildman–Crippen MR) is 56.3 cm³/mol. The standard InChI is InChI=1S/C11H15NO3/c1-2-15-11(14)6-9-4-3-8(7-12)5-10(9)13/h3-5,13H,2,6-7,12H2,1H3. The molecule has 4 heteroatoms. The van der Waals surface area contributed by atoms with Crippen molar-refractivity contribution in [3.05, 3.63) is 29.3 Å². The van der Waals surface area contributed by atoms with E-state index in [2.05, 4.69) is 0 Å². The van der Waals surface area contributed by atoms with Gasteiger partial charge in [-0.05, 0) is 18.6 Å². The minimum Gasteiger partial charge on any atom is -0.508 e. The van der Waals surface area contributed by atoms with Crippen molar-refractivity contribution in [3.8, 4) is 5.75 Å². The monoisotopic (exact) mass is 209 g/mol. The first-order chi connectivity index (χ1) is 7.17. The highest BCUT2D eigenvalue weighted by Crippen LogP contribution is 2.19. The number of benzene rings is 1. The molecule has 3 N–H and O–H groups in total. The third-order valence-corrected chi connectivity index (χ3v) is 2.03. The van der Waals surface area contributed by atoms with Crippen molar-refractivity contribution >= 4 is 5.97 Å². The quantitative estimate of drug-likeness (QED) is 0.724. The van der Waals surface area contributed by atoms with Gasteiger partial charge in [-0.1, -0.05) is 12.1 Å². The fourth-order valence-corrected chi connectivity index (χ4v) is 1.25. The molecule has 82 valence electrons. The smallest absolute Gasteiger partial charge is 0.310 e. The molecule has 0 saturated heterocycles. The Labute approximate surface area is 88.7 Å². The van der Waals surface area contributed by atoms with Gasteiger partial charge in [0.05, 0.1) is 13.0 Å². The number of ether oxygens (including phenoxy) is 1. The van der Waals surface area contributed by atoms with E-state index in [9.17, 15) is 9.90 Å². The van der Waals surface area contributed by atoms with E-state index in [-0.39, 0.29) is 18.1 Å². The normalized spacial score (nSPS) is 10.0. The number of hydrogen-bond donors (Lipinski definition) is 2. The van der Waals surface area contributed by atoms with Gasteiger partial charge in [0.1, 0.15) is 5.75 Å². The molecule has 0 atom stereocenters. The van der Waals surface area contributed by atoms with E-state index in [4.69, 9.17) is 10.5 Å². The fraction of sp³-hybridized carbons (Fsp3) is 0.364. The number of nitrogens with two attached hydrogens (primary N) is 1. The van der Waals surface area contributed by atoms with E-state index < -0.39 is 0 Å². The summed E-state index contributed by atoms with van der Waals surface area (Å²) in [5.41, 5.74) is 6.81. The predicted octanol–water partition coefficient (Wildman–Crippen LogP) is 0.957. The number of carbonyl (C=O) groups excluding carboxylic acids is 1. The molecule has 0 heterocycles. The van der Waals surface area contributed by atoms with Crippen LogP contribution in [0.5, 0.6) is 5.75 Å². The first-order valence-corrected chi connectivity index (χ1v) is 4.83. The van der Waals surface area contributed by atoms with Crippen molar-refractivity contribution in [1.29, 1.82) is 0 Å². The Morgan fingerprint density at radius 3 is 2.80 bits per heavy atom. The molecule has 15 heavy (non-hydrogen) atoms. The molecule has 0 fully saturated rings. The van der Waals surface area contributed by atoms with Gasteiger partial charge in [-0.25, -0.2) is 0 Å². The maximum atomic E-state index is 11.2. The van der Waals surface area contributed by atoms with Gasteiger partial charge in [0.2, 0.25) is 0 Å². The molecular formula is C11H15NO3. The van der Waals surface area contributed by atoms with Gasteiger partial charge in [0.15, 0.2) is 0 Å². The van der Waals surface area contributed by atoms with Crippen LogP contribution in [-0.4, -0.2) is 17.7 Å². The molecular weight excluding hydrogens is 194 g/mol. The van der Waals surface area contributed by atoms with Gasteiger partial charge in [0.25, 0.3) is 0 Å². The second kappa shape index (κ2) is 5.36. The topological polar surface area (TPSA) is 72.5 Å². The van der Waals surface area contributed by atoms with Crippen molar-refractivity contribution in [1.82, 2.24) is 0 Å². The first kappa shape index (κ1) is 11.5. The summed E-state index contributed by atoms with van der Waals surface area (Å²) in [5.74, 6) is -0.251. The van der Waals surface area contributed by atoms with Crippen LogP contribution in [-0.2, 0) is 22.5 Å². The lowest BCUT2D eigenvalue weighted by molar-refractivity contribution is -0.142. The highest BCUT2D eigenvalue weighted by Gasteiger charge is 2.08. The van der Waals surface area contributed by atoms with Crippen LogP contribution < -0.4 is 5.73 Å². The maximum Gasteiger partial charge on any atom is 0.310 e. The summed E-state index contributed by atoms with van der Waals surface area (Å²) in [5, 5.41) is 9.58. The minimum atomic E-state index is -0.340. The van der Waals surface area contributed by atoms with Gasteiger partial charge >= 0.3 is 5.97 Å². The Hall–Kier alpha value is -1.55. The van der Waals surface area contributed by atoms with Gasteiger partial charge in [-0.2, -0.15) is 0 Å². The maximum absolute atomic E-state index is 11.2. The third-order valence-electron chi connectivity index (χ3n) is 2.03. The highest BCUT2D eigenvalue weighted by molar-refractivity contribution is 5.73. The summed E-state index contributed by atoms with van der Waals surface area (Å²) in [6, 6.07) is 5.04. The van der Waals surface area contributed by atoms with E-state index in [0.29, 0.717) is 18.7 Å². The lowest BCUT2D eigenvalue weighted by Crippen LogP contribution is -2.08. The lowest BCUT2D eigenvalue weighted by atomic mass is 10.1. The molecule has 1 aromatic carbocycles. The van der Waals surface area contributed by atoms with Gasteiger partial charge in [-0.15, -0.1) is 0 Å². The van der Waals surface area contributed by atoms with Crippen LogP contribution in [0.25, 0.3) is 0 Å². The number of esters is 1. The first-order valence-electron chi connectivity index (χ1n) is 4.83. The van der Waals surface area contributed by atoms with Gasteiger partial charge in [0, 0.05) is 12.1 Å². The summed E-state index contributed by atoms with van der Waals surface area (Å²) in [6.45, 7) is 2.46. The number of hydrogen-bond acceptors (Lipinski definition) is 4. The summed E-state index contributed by atoms with van der Waals surface area (Å²) >= 11 is 0. The Bertz CT molecular complexity index is 350. The van der Waals surface area contributed by atoms with Crippen LogP contribution in [0.1, 0.15) is 18.1 Å². The second-order valence-electron chi connectivity index (χ2n) is 3.15. The molecule has 0 aliphatic rings. The number of rotatable bonds is 4. The SMILES string of the molecule is CCOC(=O)Cc1ccc(CN)cc1O. The molecule has 0 aliphatic carbocycles. The molecule has 4 nitrogen and oxygen atoms in total. The molecule has 0 amide bonds. The van der Waals surface area contributed by atoms with Crippen molar-refractivity contribution in [2.24, 2.45) is 5.73 Å². The highest BCUT2D eigenvalue weighted by atomic mass is 16.5. The van der Waals surface area contributed by atoms with Crippen LogP contribution in [0.15, 0.2) is 18.2 Å². The van der Waals surface area contributed by atoms with Crippen molar-refractivity contribution in [2.45, 2.75) is 19.9 Å². The zero-order chi connectivity index (χ0) is 11.3. The average Bonchev–Trinajstić information content (AvgIpc) is 2.21. The number of aromatic hydroxyl groups is 1. The molecule has 1 aromatic rings. The molecule has 1 rings (SSSR count). The molecule has 0 radical (unpaired) electrons. The largest absolute Gasteiger partial charge is 0.508 e. The molecule has 0 spiro atoms. The second-order valence-corrected chi connectivity index (χ2v) is 3.15. The summed E-state index contributed by atoms with van der Waals surface area (Å²) < 4.78 is 4.78. The third kappa shape index (κ3) is 3.25. The Balaban J connectivity index is 2.73. The van der Waals surface area contributed by atoms with E-state index in [1.165, 1.54) is 0 Å². The van der Waals surface area contributed by atoms with Gasteiger partial charge in [-0.3, -0.25) is 4.79 Å². The van der Waals surface area contributed by atoms with E-state index >= 15 is 0 Å². The molecule has 0 aliphatic heterocycles. The summed E-state index contributed by atoms with van der Waals surface area (Å²) in [4.78, 5) is 11.2. The summed E-state index contributed by atoms with van der Waals surface area (Å²) in [7, 11) is 0. The van der Waals surface area contributed by atoms with Crippen molar-refractivity contribution in [3.63, 3.8) is 0 Å². The summed E-state index contributed by atoms with van der Waals surface area (Å²) in [6.07, 6.45) is 0.0878. The van der Waals surface area contributed by atoms with Gasteiger partial charge < -0.3 is 15.6 Å². The number of phenolic OH excluding ortho intramolecular Hbond substituents is 1. The van der Waals surface area contributed by atoms with Crippen LogP contribution in [0.4, 0.5) is 0 Å². The van der Waals surface area contributed by atoms with E-state index in [0.717, 1.165) is 5.56 Å². The van der Waals surface area contributed by atoms with E-state index in [1.807, 2.05) is 0 Å². The van der Waals surface area contributed by atoms with Crippen molar-refractivity contribution in [2.75, 3.05) is 6.61 Å². The Morgan fingerprint density at radius 2 is 2.27 bits per heavy atom. The Morgan fingerprint density at radius 1 is 1.53 bits per heavy atom. The fourth-order valence-electron chi connectivity index (χ4n) is 1.25. The van der Waals surface area contributed by atoms with Crippen LogP contribution in [0.3, 0.4) is 0 Å². The van der Waals surface area contributed by atoms with E-state index in [1.54, 1.807) is 25.1 Å². The van der Waals surface area contributed by atoms with Crippen LogP contribution >= 0.6 is 0 Å². The molecule has 0 saturated carbocycles. The van der Waals surface area contributed by atoms with Crippen LogP contribution in [0, 0.1) is 0 Å². The lowest BCUT2D eigenvalue weighted by Gasteiger charge is -2.06.